The molecule has 88 valence electrons. The number of ether oxygens (including phenoxy) is 1. The van der Waals surface area contributed by atoms with Crippen LogP contribution in [0.3, 0.4) is 0 Å². The van der Waals surface area contributed by atoms with Gasteiger partial charge in [0.05, 0.1) is 0 Å². The molecule has 3 nitrogen and oxygen atoms in total. The van der Waals surface area contributed by atoms with Crippen molar-refractivity contribution < 1.29 is 9.84 Å². The Morgan fingerprint density at radius 2 is 2.12 bits per heavy atom. The van der Waals surface area contributed by atoms with Gasteiger partial charge in [-0.05, 0) is 38.4 Å². The Morgan fingerprint density at radius 3 is 2.81 bits per heavy atom. The third kappa shape index (κ3) is 2.20. The van der Waals surface area contributed by atoms with Crippen molar-refractivity contribution in [3.8, 4) is 5.75 Å². The fraction of sp³-hybridized carbons (Fsp3) is 0.538. The number of phenolic OH excluding ortho intramolecular Hbond substituents is 1. The van der Waals surface area contributed by atoms with E-state index in [4.69, 9.17) is 4.74 Å². The molecule has 2 unspecified atom stereocenters. The molecule has 0 bridgehead atoms. The summed E-state index contributed by atoms with van der Waals surface area (Å²) in [6, 6.07) is 3.98. The van der Waals surface area contributed by atoms with E-state index >= 15 is 0 Å². The second-order valence-corrected chi connectivity index (χ2v) is 4.45. The van der Waals surface area contributed by atoms with Crippen LogP contribution in [0.2, 0.25) is 0 Å². The van der Waals surface area contributed by atoms with E-state index in [1.54, 1.807) is 0 Å². The normalized spacial score (nSPS) is 23.4. The lowest BCUT2D eigenvalue weighted by Crippen LogP contribution is -2.18. The molecule has 3 heteroatoms. The number of hydrogen-bond donors (Lipinski definition) is 2. The maximum atomic E-state index is 9.97. The minimum atomic E-state index is 0.0187. The Balaban J connectivity index is 2.11. The van der Waals surface area contributed by atoms with Crippen LogP contribution in [0, 0.1) is 13.8 Å². The third-order valence-corrected chi connectivity index (χ3v) is 2.87. The molecule has 0 radical (unpaired) electrons. The summed E-state index contributed by atoms with van der Waals surface area (Å²) in [7, 11) is 0. The van der Waals surface area contributed by atoms with Crippen molar-refractivity contribution in [1.29, 1.82) is 0 Å². The quantitative estimate of drug-likeness (QED) is 0.767. The average molecular weight is 221 g/mol. The zero-order valence-corrected chi connectivity index (χ0v) is 10.1. The van der Waals surface area contributed by atoms with Crippen LogP contribution < -0.4 is 5.32 Å². The van der Waals surface area contributed by atoms with Gasteiger partial charge in [0.2, 0.25) is 0 Å². The molecule has 1 aromatic carbocycles. The van der Waals surface area contributed by atoms with Gasteiger partial charge in [0.15, 0.2) is 0 Å². The van der Waals surface area contributed by atoms with E-state index < -0.39 is 0 Å². The monoisotopic (exact) mass is 221 g/mol. The van der Waals surface area contributed by atoms with Gasteiger partial charge in [0, 0.05) is 5.56 Å². The molecule has 0 amide bonds. The summed E-state index contributed by atoms with van der Waals surface area (Å²) in [5.41, 5.74) is 2.99. The lowest BCUT2D eigenvalue weighted by atomic mass is 10.0. The van der Waals surface area contributed by atoms with Crippen LogP contribution in [0.4, 0.5) is 0 Å². The van der Waals surface area contributed by atoms with Gasteiger partial charge in [0.1, 0.15) is 18.1 Å². The minimum Gasteiger partial charge on any atom is -0.507 e. The first-order valence-corrected chi connectivity index (χ1v) is 5.82. The zero-order chi connectivity index (χ0) is 11.7. The summed E-state index contributed by atoms with van der Waals surface area (Å²) in [6.07, 6.45) is 1.18. The molecule has 1 fully saturated rings. The Kier molecular flexibility index (Phi) is 3.17. The van der Waals surface area contributed by atoms with Gasteiger partial charge >= 0.3 is 0 Å². The molecule has 1 heterocycles. The van der Waals surface area contributed by atoms with Crippen molar-refractivity contribution in [3.63, 3.8) is 0 Å². The van der Waals surface area contributed by atoms with Crippen molar-refractivity contribution in [2.24, 2.45) is 0 Å². The van der Waals surface area contributed by atoms with Gasteiger partial charge in [-0.25, -0.2) is 0 Å². The molecule has 2 atom stereocenters. The van der Waals surface area contributed by atoms with E-state index in [-0.39, 0.29) is 12.3 Å². The number of benzene rings is 1. The van der Waals surface area contributed by atoms with E-state index in [1.807, 2.05) is 26.0 Å². The fourth-order valence-electron chi connectivity index (χ4n) is 2.00. The molecule has 1 aromatic rings. The Labute approximate surface area is 96.4 Å². The maximum absolute atomic E-state index is 9.97. The summed E-state index contributed by atoms with van der Waals surface area (Å²) in [4.78, 5) is 0. The van der Waals surface area contributed by atoms with Crippen molar-refractivity contribution in [1.82, 2.24) is 5.32 Å². The molecule has 2 N–H and O–H groups in total. The molecule has 1 aliphatic rings. The van der Waals surface area contributed by atoms with E-state index in [9.17, 15) is 5.11 Å². The Bertz CT molecular complexity index is 390. The first-order valence-electron chi connectivity index (χ1n) is 5.82. The summed E-state index contributed by atoms with van der Waals surface area (Å²) in [5.74, 6) is 0.372. The number of hydrogen-bond acceptors (Lipinski definition) is 3. The van der Waals surface area contributed by atoms with Gasteiger partial charge in [0.25, 0.3) is 0 Å². The first-order chi connectivity index (χ1) is 7.63. The zero-order valence-electron chi connectivity index (χ0n) is 10.1. The van der Waals surface area contributed by atoms with E-state index in [0.717, 1.165) is 29.7 Å². The van der Waals surface area contributed by atoms with Crippen LogP contribution in [0.15, 0.2) is 12.1 Å². The third-order valence-electron chi connectivity index (χ3n) is 2.87. The summed E-state index contributed by atoms with van der Waals surface area (Å²) < 4.78 is 5.52. The number of nitrogens with one attached hydrogen (secondary N) is 1. The molecule has 0 aromatic heterocycles. The van der Waals surface area contributed by atoms with Crippen LogP contribution in [0.25, 0.3) is 0 Å². The average Bonchev–Trinajstić information content (AvgIpc) is 2.99. The molecule has 1 saturated heterocycles. The molecular formula is C13H19NO2. The highest BCUT2D eigenvalue weighted by Gasteiger charge is 2.41. The smallest absolute Gasteiger partial charge is 0.140 e. The van der Waals surface area contributed by atoms with Crippen molar-refractivity contribution in [3.05, 3.63) is 28.8 Å². The van der Waals surface area contributed by atoms with E-state index in [2.05, 4.69) is 12.2 Å². The van der Waals surface area contributed by atoms with Gasteiger partial charge in [-0.15, -0.1) is 0 Å². The summed E-state index contributed by atoms with van der Waals surface area (Å²) in [6.45, 7) is 7.03. The Hall–Kier alpha value is -1.06. The molecule has 1 aliphatic heterocycles. The number of phenols is 1. The second-order valence-electron chi connectivity index (χ2n) is 4.45. The molecule has 0 aliphatic carbocycles. The van der Waals surface area contributed by atoms with Crippen molar-refractivity contribution in [2.75, 3.05) is 6.54 Å². The SMILES string of the molecule is CCCNC1OC1c1cc(C)cc(C)c1O. The standard InChI is InChI=1S/C13H19NO2/c1-4-5-14-13-12(16-13)10-7-8(2)6-9(3)11(10)15/h6-7,12-15H,4-5H2,1-3H3. The predicted octanol–water partition coefficient (Wildman–Crippen LogP) is 2.41. The number of epoxide rings is 1. The fourth-order valence-corrected chi connectivity index (χ4v) is 2.00. The highest BCUT2D eigenvalue weighted by molar-refractivity contribution is 5.45. The van der Waals surface area contributed by atoms with Gasteiger partial charge in [-0.3, -0.25) is 5.32 Å². The molecule has 0 saturated carbocycles. The summed E-state index contributed by atoms with van der Waals surface area (Å²) >= 11 is 0. The minimum absolute atomic E-state index is 0.0187. The maximum Gasteiger partial charge on any atom is 0.140 e. The van der Waals surface area contributed by atoms with Crippen LogP contribution in [-0.2, 0) is 4.74 Å². The topological polar surface area (TPSA) is 44.8 Å². The van der Waals surface area contributed by atoms with Gasteiger partial charge in [-0.2, -0.15) is 0 Å². The highest BCUT2D eigenvalue weighted by atomic mass is 16.6. The molecule has 2 rings (SSSR count). The Morgan fingerprint density at radius 1 is 1.38 bits per heavy atom. The lowest BCUT2D eigenvalue weighted by Gasteiger charge is -2.06. The van der Waals surface area contributed by atoms with Crippen LogP contribution in [-0.4, -0.2) is 17.9 Å². The van der Waals surface area contributed by atoms with E-state index in [0.29, 0.717) is 5.75 Å². The van der Waals surface area contributed by atoms with Gasteiger partial charge < -0.3 is 9.84 Å². The first kappa shape index (κ1) is 11.4. The molecular weight excluding hydrogens is 202 g/mol. The highest BCUT2D eigenvalue weighted by Crippen LogP contribution is 2.42. The predicted molar refractivity (Wildman–Crippen MR) is 63.5 cm³/mol. The number of aryl methyl sites for hydroxylation is 2. The molecule has 0 spiro atoms. The largest absolute Gasteiger partial charge is 0.507 e. The van der Waals surface area contributed by atoms with E-state index in [1.165, 1.54) is 0 Å². The summed E-state index contributed by atoms with van der Waals surface area (Å²) in [5, 5.41) is 13.3. The lowest BCUT2D eigenvalue weighted by molar-refractivity contribution is 0.343. The van der Waals surface area contributed by atoms with Crippen LogP contribution in [0.1, 0.15) is 36.1 Å². The van der Waals surface area contributed by atoms with Crippen LogP contribution in [0.5, 0.6) is 5.75 Å². The number of aromatic hydroxyl groups is 1. The van der Waals surface area contributed by atoms with Crippen molar-refractivity contribution >= 4 is 0 Å². The van der Waals surface area contributed by atoms with Crippen LogP contribution >= 0.6 is 0 Å². The van der Waals surface area contributed by atoms with Crippen molar-refractivity contribution in [2.45, 2.75) is 39.5 Å². The number of rotatable bonds is 4. The molecule has 16 heavy (non-hydrogen) atoms. The van der Waals surface area contributed by atoms with Gasteiger partial charge in [-0.1, -0.05) is 18.6 Å². The second kappa shape index (κ2) is 4.44.